The molecule has 1 heterocycles. The number of benzene rings is 1. The average molecular weight is 241 g/mol. The van der Waals surface area contributed by atoms with E-state index in [0.717, 1.165) is 23.9 Å². The van der Waals surface area contributed by atoms with Gasteiger partial charge in [0.15, 0.2) is 0 Å². The number of nitrogens with zero attached hydrogens (tertiary/aromatic N) is 1. The first-order chi connectivity index (χ1) is 7.47. The molecule has 1 amide bonds. The molecular formula is C10H11NO4S. The molecule has 1 aliphatic rings. The summed E-state index contributed by atoms with van der Waals surface area (Å²) in [5.74, 6) is 0. The summed E-state index contributed by atoms with van der Waals surface area (Å²) in [6.45, 7) is 0.452. The Hall–Kier alpha value is -1.56. The van der Waals surface area contributed by atoms with Gasteiger partial charge in [-0.25, -0.2) is 4.79 Å². The molecule has 16 heavy (non-hydrogen) atoms. The molecule has 0 saturated carbocycles. The second-order valence-electron chi connectivity index (χ2n) is 3.58. The molecule has 5 nitrogen and oxygen atoms in total. The predicted octanol–water partition coefficient (Wildman–Crippen LogP) is 1.15. The average Bonchev–Trinajstić information content (AvgIpc) is 2.58. The fourth-order valence-corrected chi connectivity index (χ4v) is 2.05. The Bertz CT molecular complexity index is 523. The Morgan fingerprint density at radius 3 is 2.75 bits per heavy atom. The molecule has 86 valence electrons. The van der Waals surface area contributed by atoms with Crippen LogP contribution in [0.25, 0.3) is 0 Å². The van der Waals surface area contributed by atoms with Crippen LogP contribution in [0.1, 0.15) is 5.56 Å². The van der Waals surface area contributed by atoms with E-state index in [1.165, 1.54) is 4.90 Å². The summed E-state index contributed by atoms with van der Waals surface area (Å²) in [7, 11) is -3.75. The van der Waals surface area contributed by atoms with E-state index in [2.05, 4.69) is 4.18 Å². The number of amides is 1. The third kappa shape index (κ3) is 2.16. The van der Waals surface area contributed by atoms with Crippen LogP contribution in [0.3, 0.4) is 0 Å². The molecule has 1 aliphatic heterocycles. The summed E-state index contributed by atoms with van der Waals surface area (Å²) in [4.78, 5) is 12.9. The van der Waals surface area contributed by atoms with Gasteiger partial charge in [0.1, 0.15) is 0 Å². The molecule has 0 unspecified atom stereocenters. The molecule has 0 spiro atoms. The summed E-state index contributed by atoms with van der Waals surface area (Å²) in [5, 5.41) is 0. The Labute approximate surface area is 93.8 Å². The minimum atomic E-state index is -3.75. The van der Waals surface area contributed by atoms with Crippen molar-refractivity contribution in [2.24, 2.45) is 0 Å². The highest BCUT2D eigenvalue weighted by Crippen LogP contribution is 2.27. The fraction of sp³-hybridized carbons (Fsp3) is 0.300. The van der Waals surface area contributed by atoms with Gasteiger partial charge < -0.3 is 4.18 Å². The van der Waals surface area contributed by atoms with E-state index in [4.69, 9.17) is 0 Å². The van der Waals surface area contributed by atoms with Gasteiger partial charge in [-0.05, 0) is 18.1 Å². The van der Waals surface area contributed by atoms with E-state index in [1.54, 1.807) is 12.1 Å². The van der Waals surface area contributed by atoms with Crippen LogP contribution in [-0.4, -0.2) is 27.3 Å². The van der Waals surface area contributed by atoms with Crippen molar-refractivity contribution >= 4 is 21.9 Å². The van der Waals surface area contributed by atoms with E-state index in [0.29, 0.717) is 6.54 Å². The van der Waals surface area contributed by atoms with Gasteiger partial charge in [-0.2, -0.15) is 8.42 Å². The Kier molecular flexibility index (Phi) is 2.59. The van der Waals surface area contributed by atoms with E-state index in [9.17, 15) is 13.2 Å². The maximum Gasteiger partial charge on any atom is 0.429 e. The highest BCUT2D eigenvalue weighted by Gasteiger charge is 2.27. The molecule has 6 heteroatoms. The largest absolute Gasteiger partial charge is 0.429 e. The van der Waals surface area contributed by atoms with Crippen LogP contribution in [0.15, 0.2) is 24.3 Å². The Balaban J connectivity index is 2.23. The number of rotatable bonds is 1. The minimum absolute atomic E-state index is 0.452. The zero-order valence-electron chi connectivity index (χ0n) is 8.71. The molecule has 0 fully saturated rings. The van der Waals surface area contributed by atoms with Crippen LogP contribution in [0.4, 0.5) is 10.5 Å². The number of carbonyl (C=O) groups is 1. The summed E-state index contributed by atoms with van der Waals surface area (Å²) < 4.78 is 26.0. The molecule has 2 rings (SSSR count). The first-order valence-electron chi connectivity index (χ1n) is 4.76. The van der Waals surface area contributed by atoms with Crippen LogP contribution in [0, 0.1) is 0 Å². The van der Waals surface area contributed by atoms with Gasteiger partial charge in [-0.1, -0.05) is 18.2 Å². The number of para-hydroxylation sites is 1. The van der Waals surface area contributed by atoms with Crippen molar-refractivity contribution in [1.82, 2.24) is 0 Å². The lowest BCUT2D eigenvalue weighted by Crippen LogP contribution is -2.31. The maximum atomic E-state index is 11.5. The first-order valence-corrected chi connectivity index (χ1v) is 6.58. The van der Waals surface area contributed by atoms with Crippen molar-refractivity contribution < 1.29 is 17.4 Å². The summed E-state index contributed by atoms with van der Waals surface area (Å²) in [6, 6.07) is 7.35. The van der Waals surface area contributed by atoms with Crippen molar-refractivity contribution in [2.45, 2.75) is 6.42 Å². The lowest BCUT2D eigenvalue weighted by molar-refractivity contribution is 0.210. The summed E-state index contributed by atoms with van der Waals surface area (Å²) >= 11 is 0. The topological polar surface area (TPSA) is 63.7 Å². The van der Waals surface area contributed by atoms with Gasteiger partial charge in [0, 0.05) is 6.54 Å². The van der Waals surface area contributed by atoms with Crippen LogP contribution < -0.4 is 4.90 Å². The van der Waals surface area contributed by atoms with Crippen LogP contribution in [-0.2, 0) is 20.7 Å². The third-order valence-corrected chi connectivity index (χ3v) is 2.78. The van der Waals surface area contributed by atoms with Crippen molar-refractivity contribution in [1.29, 1.82) is 0 Å². The SMILES string of the molecule is CS(=O)(=O)OC(=O)N1CCc2ccccc21. The van der Waals surface area contributed by atoms with Gasteiger partial charge in [-0.3, -0.25) is 4.90 Å². The number of carbonyl (C=O) groups excluding carboxylic acids is 1. The number of anilines is 1. The van der Waals surface area contributed by atoms with Crippen molar-refractivity contribution in [2.75, 3.05) is 17.7 Å². The molecular weight excluding hydrogens is 230 g/mol. The highest BCUT2D eigenvalue weighted by atomic mass is 32.2. The molecule has 0 saturated heterocycles. The molecule has 0 atom stereocenters. The van der Waals surface area contributed by atoms with Gasteiger partial charge in [-0.15, -0.1) is 0 Å². The Morgan fingerprint density at radius 2 is 2.06 bits per heavy atom. The normalized spacial score (nSPS) is 14.7. The smallest absolute Gasteiger partial charge is 0.328 e. The monoisotopic (exact) mass is 241 g/mol. The number of hydrogen-bond donors (Lipinski definition) is 0. The highest BCUT2D eigenvalue weighted by molar-refractivity contribution is 7.86. The van der Waals surface area contributed by atoms with Crippen LogP contribution >= 0.6 is 0 Å². The van der Waals surface area contributed by atoms with Gasteiger partial charge in [0.25, 0.3) is 0 Å². The zero-order valence-corrected chi connectivity index (χ0v) is 9.53. The molecule has 1 aromatic carbocycles. The molecule has 0 N–H and O–H groups in total. The maximum absolute atomic E-state index is 11.5. The van der Waals surface area contributed by atoms with E-state index in [1.807, 2.05) is 12.1 Å². The number of hydrogen-bond acceptors (Lipinski definition) is 4. The second-order valence-corrected chi connectivity index (χ2v) is 5.16. The van der Waals surface area contributed by atoms with E-state index in [-0.39, 0.29) is 0 Å². The van der Waals surface area contributed by atoms with E-state index >= 15 is 0 Å². The molecule has 0 aromatic heterocycles. The van der Waals surface area contributed by atoms with Gasteiger partial charge >= 0.3 is 16.2 Å². The zero-order chi connectivity index (χ0) is 11.8. The lowest BCUT2D eigenvalue weighted by Gasteiger charge is -2.15. The molecule has 0 bridgehead atoms. The Morgan fingerprint density at radius 1 is 1.38 bits per heavy atom. The predicted molar refractivity (Wildman–Crippen MR) is 58.8 cm³/mol. The molecule has 0 radical (unpaired) electrons. The van der Waals surface area contributed by atoms with Crippen molar-refractivity contribution in [3.8, 4) is 0 Å². The van der Waals surface area contributed by atoms with Crippen LogP contribution in [0.2, 0.25) is 0 Å². The fourth-order valence-electron chi connectivity index (χ4n) is 1.70. The lowest BCUT2D eigenvalue weighted by atomic mass is 10.2. The molecule has 1 aromatic rings. The number of fused-ring (bicyclic) bond motifs is 1. The summed E-state index contributed by atoms with van der Waals surface area (Å²) in [5.41, 5.74) is 1.74. The third-order valence-electron chi connectivity index (χ3n) is 2.33. The summed E-state index contributed by atoms with van der Waals surface area (Å²) in [6.07, 6.45) is 0.731. The standard InChI is InChI=1S/C10H11NO4S/c1-16(13,14)15-10(12)11-7-6-8-4-2-3-5-9(8)11/h2-5H,6-7H2,1H3. The van der Waals surface area contributed by atoms with Crippen LogP contribution in [0.5, 0.6) is 0 Å². The van der Waals surface area contributed by atoms with Crippen molar-refractivity contribution in [3.05, 3.63) is 29.8 Å². The van der Waals surface area contributed by atoms with Gasteiger partial charge in [0.2, 0.25) is 0 Å². The quantitative estimate of drug-likeness (QED) is 0.692. The van der Waals surface area contributed by atoms with Crippen molar-refractivity contribution in [3.63, 3.8) is 0 Å². The first kappa shape index (κ1) is 10.9. The van der Waals surface area contributed by atoms with Gasteiger partial charge in [0.05, 0.1) is 11.9 Å². The van der Waals surface area contributed by atoms with E-state index < -0.39 is 16.2 Å². The minimum Gasteiger partial charge on any atom is -0.328 e. The molecule has 0 aliphatic carbocycles. The second kappa shape index (κ2) is 3.79.